The number of halogens is 1. The topological polar surface area (TPSA) is 360 Å². The maximum atomic E-state index is 15.0. The number of fused-ring (bicyclic) bond motifs is 2. The lowest BCUT2D eigenvalue weighted by molar-refractivity contribution is -0.142. The van der Waals surface area contributed by atoms with Crippen LogP contribution >= 0.6 is 11.6 Å². The quantitative estimate of drug-likeness (QED) is 0.0176. The minimum absolute atomic E-state index is 0.00714. The molecule has 2 aromatic heterocycles. The molecule has 7 atom stereocenters. The number of aliphatic hydroxyl groups excluding tert-OH is 1. The van der Waals surface area contributed by atoms with Crippen molar-refractivity contribution in [1.29, 1.82) is 0 Å². The van der Waals surface area contributed by atoms with E-state index in [0.717, 1.165) is 27.4 Å². The normalized spacial score (nSPS) is 15.1. The van der Waals surface area contributed by atoms with Crippen LogP contribution in [0.4, 0.5) is 0 Å². The van der Waals surface area contributed by atoms with Crippen molar-refractivity contribution in [3.63, 3.8) is 0 Å². The number of aliphatic hydroxyl groups is 1. The van der Waals surface area contributed by atoms with Gasteiger partial charge >= 0.3 is 0 Å². The molecule has 458 valence electrons. The standard InChI is InChI=1S/C62H78ClN13O10/c1-4-66-60(85)53-16-10-28-76(53)61(86)47(15-9-27-67-62(64)65)71-55(80)48(29-36(2)3)72-58(83)51(32-40-34-69-46-14-8-6-12-44(40)46)74-56(81)49(30-38-19-24-42(78)25-20-38)73-59(84)52(35-77)75-57(82)50(31-39-33-68-45-13-7-5-11-43(39)45)70-54(79)26-21-37-17-22-41(63)23-18-37/h5-8,11-14,17-20,22-25,33-34,36,47-53,68-69,77-78H,4,9-10,15-16,21,26-32,35H2,1-3H3,(H,66,85)(H,70,79)(H,71,80)(H,72,83)(H,73,84)(H,74,81)(H,75,82)(H4,64,65,67)/t47-,48-,49-,50-,51+,52-,53+/m0/s1. The summed E-state index contributed by atoms with van der Waals surface area (Å²) in [4.78, 5) is 126. The molecule has 24 heteroatoms. The Balaban J connectivity index is 1.14. The molecule has 1 fully saturated rings. The number of guanidine groups is 1. The van der Waals surface area contributed by atoms with E-state index in [2.05, 4.69) is 52.2 Å². The predicted molar refractivity (Wildman–Crippen MR) is 327 cm³/mol. The number of para-hydroxylation sites is 2. The Morgan fingerprint density at radius 1 is 0.663 bits per heavy atom. The molecular formula is C62H78ClN13O10. The summed E-state index contributed by atoms with van der Waals surface area (Å²) in [5, 5.41) is 42.4. The first-order chi connectivity index (χ1) is 41.3. The predicted octanol–water partition coefficient (Wildman–Crippen LogP) is 2.80. The van der Waals surface area contributed by atoms with Crippen molar-refractivity contribution in [2.24, 2.45) is 22.4 Å². The summed E-state index contributed by atoms with van der Waals surface area (Å²) in [6.07, 6.45) is 4.86. The van der Waals surface area contributed by atoms with Gasteiger partial charge in [-0.3, -0.25) is 43.3 Å². The zero-order chi connectivity index (χ0) is 61.9. The lowest BCUT2D eigenvalue weighted by atomic mass is 9.99. The van der Waals surface area contributed by atoms with E-state index in [1.165, 1.54) is 29.2 Å². The molecule has 1 saturated heterocycles. The summed E-state index contributed by atoms with van der Waals surface area (Å²) < 4.78 is 0. The van der Waals surface area contributed by atoms with Gasteiger partial charge in [0.2, 0.25) is 47.3 Å². The number of nitrogens with zero attached hydrogens (tertiary/aromatic N) is 2. The molecule has 7 rings (SSSR count). The number of benzene rings is 4. The maximum Gasteiger partial charge on any atom is 0.245 e. The van der Waals surface area contributed by atoms with Crippen LogP contribution in [0.15, 0.2) is 114 Å². The Morgan fingerprint density at radius 2 is 1.17 bits per heavy atom. The number of hydrogen-bond acceptors (Lipinski definition) is 11. The molecule has 0 radical (unpaired) electrons. The molecule has 0 aliphatic carbocycles. The first-order valence-electron chi connectivity index (χ1n) is 29.0. The highest BCUT2D eigenvalue weighted by Crippen LogP contribution is 2.24. The van der Waals surface area contributed by atoms with Crippen LogP contribution in [-0.4, -0.2) is 147 Å². The van der Waals surface area contributed by atoms with Crippen LogP contribution in [0.25, 0.3) is 21.8 Å². The fourth-order valence-electron chi connectivity index (χ4n) is 10.5. The van der Waals surface area contributed by atoms with E-state index in [4.69, 9.17) is 23.1 Å². The van der Waals surface area contributed by atoms with Gasteiger partial charge < -0.3 is 73.8 Å². The van der Waals surface area contributed by atoms with Crippen LogP contribution in [0.2, 0.25) is 5.02 Å². The monoisotopic (exact) mass is 1200 g/mol. The van der Waals surface area contributed by atoms with Crippen molar-refractivity contribution >= 4 is 86.6 Å². The Hall–Kier alpha value is -8.96. The third-order valence-electron chi connectivity index (χ3n) is 15.0. The highest BCUT2D eigenvalue weighted by Gasteiger charge is 2.39. The van der Waals surface area contributed by atoms with E-state index in [1.54, 1.807) is 43.6 Å². The van der Waals surface area contributed by atoms with E-state index in [1.807, 2.05) is 62.4 Å². The third-order valence-corrected chi connectivity index (χ3v) is 15.2. The van der Waals surface area contributed by atoms with Crippen molar-refractivity contribution < 1.29 is 48.6 Å². The van der Waals surface area contributed by atoms with Crippen molar-refractivity contribution in [1.82, 2.24) is 52.1 Å². The number of nitrogens with one attached hydrogen (secondary N) is 9. The molecule has 6 aromatic rings. The van der Waals surface area contributed by atoms with E-state index in [9.17, 15) is 48.6 Å². The van der Waals surface area contributed by atoms with Gasteiger partial charge in [0, 0.05) is 84.5 Å². The minimum atomic E-state index is -1.67. The number of aryl methyl sites for hydroxylation is 1. The summed E-state index contributed by atoms with van der Waals surface area (Å²) in [5.41, 5.74) is 15.3. The first kappa shape index (κ1) is 64.6. The zero-order valence-corrected chi connectivity index (χ0v) is 49.3. The summed E-state index contributed by atoms with van der Waals surface area (Å²) in [7, 11) is 0. The molecule has 0 bridgehead atoms. The smallest absolute Gasteiger partial charge is 0.245 e. The molecule has 3 heterocycles. The number of aromatic nitrogens is 2. The maximum absolute atomic E-state index is 15.0. The number of amides is 8. The van der Waals surface area contributed by atoms with Crippen LogP contribution in [0.5, 0.6) is 5.75 Å². The number of H-pyrrole nitrogens is 2. The number of phenolic OH excluding ortho intramolecular Hbond substituents is 1. The van der Waals surface area contributed by atoms with Gasteiger partial charge in [0.05, 0.1) is 6.61 Å². The van der Waals surface area contributed by atoms with E-state index >= 15 is 0 Å². The number of nitrogens with two attached hydrogens (primary N) is 2. The molecule has 0 spiro atoms. The Morgan fingerprint density at radius 3 is 1.74 bits per heavy atom. The number of aromatic hydroxyl groups is 1. The second-order valence-electron chi connectivity index (χ2n) is 21.9. The van der Waals surface area contributed by atoms with Crippen molar-refractivity contribution in [3.05, 3.63) is 137 Å². The number of aromatic amines is 2. The number of aliphatic imine (C=N–C) groups is 1. The molecule has 8 amide bonds. The molecule has 86 heavy (non-hydrogen) atoms. The first-order valence-corrected chi connectivity index (χ1v) is 29.4. The Kier molecular flexibility index (Phi) is 23.5. The van der Waals surface area contributed by atoms with Crippen molar-refractivity contribution in [2.75, 3.05) is 26.2 Å². The van der Waals surface area contributed by atoms with Crippen molar-refractivity contribution in [2.45, 2.75) is 127 Å². The Bertz CT molecular complexity index is 3340. The second kappa shape index (κ2) is 31.3. The number of hydrogen-bond donors (Lipinski definition) is 13. The van der Waals surface area contributed by atoms with E-state index in [0.29, 0.717) is 47.5 Å². The van der Waals surface area contributed by atoms with Gasteiger partial charge in [-0.05, 0) is 110 Å². The molecular weight excluding hydrogens is 1120 g/mol. The number of likely N-dealkylation sites (tertiary alicyclic amines) is 1. The largest absolute Gasteiger partial charge is 0.508 e. The minimum Gasteiger partial charge on any atom is -0.508 e. The summed E-state index contributed by atoms with van der Waals surface area (Å²) in [6.45, 7) is 5.32. The molecule has 1 aliphatic rings. The molecule has 0 saturated carbocycles. The highest BCUT2D eigenvalue weighted by atomic mass is 35.5. The number of carbonyl (C=O) groups is 8. The molecule has 15 N–H and O–H groups in total. The second-order valence-corrected chi connectivity index (χ2v) is 22.3. The van der Waals surface area contributed by atoms with Gasteiger partial charge in [-0.25, -0.2) is 0 Å². The fraction of sp³-hybridized carbons (Fsp3) is 0.403. The number of likely N-dealkylation sites (N-methyl/N-ethyl adjacent to an activating group) is 1. The van der Waals surface area contributed by atoms with Gasteiger partial charge in [-0.15, -0.1) is 0 Å². The van der Waals surface area contributed by atoms with Gasteiger partial charge in [0.25, 0.3) is 0 Å². The van der Waals surface area contributed by atoms with E-state index < -0.39 is 90.3 Å². The summed E-state index contributed by atoms with van der Waals surface area (Å²) in [5.74, 6) is -5.82. The molecule has 23 nitrogen and oxygen atoms in total. The van der Waals surface area contributed by atoms with Crippen molar-refractivity contribution in [3.8, 4) is 5.75 Å². The van der Waals surface area contributed by atoms with Gasteiger partial charge in [-0.1, -0.05) is 86.1 Å². The number of rotatable bonds is 30. The molecule has 4 aromatic carbocycles. The SMILES string of the molecule is CCNC(=O)[C@H]1CCCN1C(=O)[C@H](CCCN=C(N)N)NC(=O)[C@H](CC(C)C)NC(=O)[C@@H](Cc1c[nH]c2ccccc12)NC(=O)[C@H](Cc1ccc(O)cc1)NC(=O)[C@H](CO)NC(=O)[C@H](Cc1c[nH]c2ccccc12)NC(=O)CCc1ccc(Cl)cc1. The average Bonchev–Trinajstić information content (AvgIpc) is 3.28. The van der Waals surface area contributed by atoms with E-state index in [-0.39, 0.29) is 81.6 Å². The molecule has 1 aliphatic heterocycles. The average molecular weight is 1200 g/mol. The van der Waals surface area contributed by atoms with Crippen LogP contribution in [0, 0.1) is 5.92 Å². The van der Waals surface area contributed by atoms with Crippen LogP contribution in [0.3, 0.4) is 0 Å². The van der Waals surface area contributed by atoms with Gasteiger partial charge in [0.1, 0.15) is 48.0 Å². The highest BCUT2D eigenvalue weighted by molar-refractivity contribution is 6.30. The van der Waals surface area contributed by atoms with Crippen LogP contribution in [0.1, 0.15) is 81.5 Å². The fourth-order valence-corrected chi connectivity index (χ4v) is 10.7. The summed E-state index contributed by atoms with van der Waals surface area (Å²) in [6, 6.07) is 18.6. The van der Waals surface area contributed by atoms with Gasteiger partial charge in [-0.2, -0.15) is 0 Å². The Labute approximate surface area is 503 Å². The zero-order valence-electron chi connectivity index (χ0n) is 48.5. The van der Waals surface area contributed by atoms with Crippen LogP contribution < -0.4 is 48.7 Å². The van der Waals surface area contributed by atoms with Gasteiger partial charge in [0.15, 0.2) is 5.96 Å². The lowest BCUT2D eigenvalue weighted by Crippen LogP contribution is -2.61. The number of phenols is 1. The molecule has 0 unspecified atom stereocenters. The number of carbonyl (C=O) groups excluding carboxylic acids is 8. The third kappa shape index (κ3) is 18.3. The summed E-state index contributed by atoms with van der Waals surface area (Å²) >= 11 is 6.07. The van der Waals surface area contributed by atoms with Crippen LogP contribution in [-0.2, 0) is 64.0 Å². The lowest BCUT2D eigenvalue weighted by Gasteiger charge is -2.30.